The van der Waals surface area contributed by atoms with Crippen molar-refractivity contribution in [2.75, 3.05) is 26.9 Å². The van der Waals surface area contributed by atoms with Gasteiger partial charge in [0.2, 0.25) is 0 Å². The average Bonchev–Trinajstić information content (AvgIpc) is 2.64. The van der Waals surface area contributed by atoms with Gasteiger partial charge in [-0.3, -0.25) is 4.79 Å². The molecule has 128 valence electrons. The third kappa shape index (κ3) is 5.19. The Bertz CT molecular complexity index is 640. The molecule has 0 saturated heterocycles. The third-order valence-electron chi connectivity index (χ3n) is 3.26. The number of carbonyl (C=O) groups excluding carboxylic acids is 1. The molecule has 0 atom stereocenters. The van der Waals surface area contributed by atoms with E-state index in [4.69, 9.17) is 14.2 Å². The molecule has 0 spiro atoms. The highest BCUT2D eigenvalue weighted by molar-refractivity contribution is 5.96. The van der Waals surface area contributed by atoms with Crippen molar-refractivity contribution < 1.29 is 19.0 Å². The highest BCUT2D eigenvalue weighted by atomic mass is 16.5. The van der Waals surface area contributed by atoms with Crippen LogP contribution in [0, 0.1) is 0 Å². The Morgan fingerprint density at radius 3 is 2.08 bits per heavy atom. The maximum absolute atomic E-state index is 11.8. The summed E-state index contributed by atoms with van der Waals surface area (Å²) in [7, 11) is 1.59. The predicted octanol–water partition coefficient (Wildman–Crippen LogP) is 3.29. The molecule has 5 heteroatoms. The molecule has 0 unspecified atom stereocenters. The fraction of sp³-hybridized carbons (Fsp3) is 0.316. The summed E-state index contributed by atoms with van der Waals surface area (Å²) >= 11 is 0. The summed E-state index contributed by atoms with van der Waals surface area (Å²) in [5.74, 6) is 1.96. The quantitative estimate of drug-likeness (QED) is 0.717. The molecule has 2 rings (SSSR count). The van der Waals surface area contributed by atoms with Crippen LogP contribution in [-0.4, -0.2) is 32.8 Å². The Morgan fingerprint density at radius 2 is 1.46 bits per heavy atom. The Labute approximate surface area is 142 Å². The molecule has 0 bridgehead atoms. The number of hydrogen-bond donors (Lipinski definition) is 1. The summed E-state index contributed by atoms with van der Waals surface area (Å²) in [6.07, 6.45) is 0.979. The number of amides is 1. The largest absolute Gasteiger partial charge is 0.494 e. The van der Waals surface area contributed by atoms with Crippen molar-refractivity contribution in [3.63, 3.8) is 0 Å². The Balaban J connectivity index is 1.80. The second kappa shape index (κ2) is 9.45. The van der Waals surface area contributed by atoms with Crippen molar-refractivity contribution in [3.05, 3.63) is 54.1 Å². The normalized spacial score (nSPS) is 10.1. The molecular formula is C19H23NO4. The van der Waals surface area contributed by atoms with Gasteiger partial charge in [-0.2, -0.15) is 0 Å². The van der Waals surface area contributed by atoms with E-state index in [2.05, 4.69) is 12.2 Å². The van der Waals surface area contributed by atoms with Gasteiger partial charge in [0.25, 0.3) is 5.91 Å². The highest BCUT2D eigenvalue weighted by Crippen LogP contribution is 2.19. The predicted molar refractivity (Wildman–Crippen MR) is 93.1 cm³/mol. The van der Waals surface area contributed by atoms with Gasteiger partial charge < -0.3 is 19.5 Å². The van der Waals surface area contributed by atoms with Gasteiger partial charge in [-0.1, -0.05) is 19.1 Å². The zero-order chi connectivity index (χ0) is 17.2. The summed E-state index contributed by atoms with van der Waals surface area (Å²) in [6, 6.07) is 14.6. The van der Waals surface area contributed by atoms with E-state index in [0.29, 0.717) is 31.1 Å². The monoisotopic (exact) mass is 329 g/mol. The number of ether oxygens (including phenoxy) is 3. The second-order valence-electron chi connectivity index (χ2n) is 5.09. The summed E-state index contributed by atoms with van der Waals surface area (Å²) < 4.78 is 16.8. The van der Waals surface area contributed by atoms with E-state index in [1.54, 1.807) is 25.2 Å². The molecular weight excluding hydrogens is 306 g/mol. The lowest BCUT2D eigenvalue weighted by Crippen LogP contribution is -2.19. The van der Waals surface area contributed by atoms with Gasteiger partial charge in [-0.25, -0.2) is 0 Å². The molecule has 2 aromatic rings. The van der Waals surface area contributed by atoms with Gasteiger partial charge in [-0.15, -0.1) is 0 Å². The first kappa shape index (κ1) is 17.7. The van der Waals surface area contributed by atoms with Crippen LogP contribution in [0.25, 0.3) is 0 Å². The van der Waals surface area contributed by atoms with Crippen LogP contribution in [0.15, 0.2) is 48.5 Å². The molecule has 0 radical (unpaired) electrons. The first-order valence-electron chi connectivity index (χ1n) is 8.04. The van der Waals surface area contributed by atoms with Crippen LogP contribution in [0.1, 0.15) is 23.7 Å². The van der Waals surface area contributed by atoms with Gasteiger partial charge in [-0.05, 0) is 42.8 Å². The van der Waals surface area contributed by atoms with Gasteiger partial charge in [0.1, 0.15) is 30.5 Å². The van der Waals surface area contributed by atoms with E-state index < -0.39 is 0 Å². The topological polar surface area (TPSA) is 56.8 Å². The molecule has 0 aliphatic carbocycles. The molecule has 1 N–H and O–H groups in total. The van der Waals surface area contributed by atoms with Crippen molar-refractivity contribution in [2.24, 2.45) is 0 Å². The number of hydrogen-bond acceptors (Lipinski definition) is 4. The fourth-order valence-electron chi connectivity index (χ4n) is 2.08. The van der Waals surface area contributed by atoms with E-state index in [-0.39, 0.29) is 5.91 Å². The first-order chi connectivity index (χ1) is 11.7. The summed E-state index contributed by atoms with van der Waals surface area (Å²) in [4.78, 5) is 11.8. The van der Waals surface area contributed by atoms with Crippen LogP contribution in [0.3, 0.4) is 0 Å². The van der Waals surface area contributed by atoms with E-state index in [9.17, 15) is 4.79 Å². The lowest BCUT2D eigenvalue weighted by Gasteiger charge is -2.11. The van der Waals surface area contributed by atoms with E-state index in [0.717, 1.165) is 17.9 Å². The van der Waals surface area contributed by atoms with E-state index in [1.807, 2.05) is 30.3 Å². The highest BCUT2D eigenvalue weighted by Gasteiger charge is 2.09. The number of benzene rings is 2. The second-order valence-corrected chi connectivity index (χ2v) is 5.09. The minimum atomic E-state index is -0.172. The van der Waals surface area contributed by atoms with Crippen LogP contribution < -0.4 is 19.5 Å². The standard InChI is InChI=1S/C19H23NO4/c1-3-12-22-15-8-10-16(11-9-15)23-13-14-24-18-7-5-4-6-17(18)19(21)20-2/h4-11H,3,12-14H2,1-2H3,(H,20,21). The average molecular weight is 329 g/mol. The van der Waals surface area contributed by atoms with Crippen LogP contribution in [0.5, 0.6) is 17.2 Å². The molecule has 0 aliphatic rings. The Morgan fingerprint density at radius 1 is 0.875 bits per heavy atom. The third-order valence-corrected chi connectivity index (χ3v) is 3.26. The minimum Gasteiger partial charge on any atom is -0.494 e. The SMILES string of the molecule is CCCOc1ccc(OCCOc2ccccc2C(=O)NC)cc1. The number of carbonyl (C=O) groups is 1. The maximum Gasteiger partial charge on any atom is 0.254 e. The van der Waals surface area contributed by atoms with Crippen LogP contribution >= 0.6 is 0 Å². The van der Waals surface area contributed by atoms with Crippen molar-refractivity contribution in [3.8, 4) is 17.2 Å². The molecule has 0 aliphatic heterocycles. The Kier molecular flexibility index (Phi) is 6.95. The van der Waals surface area contributed by atoms with Gasteiger partial charge >= 0.3 is 0 Å². The number of nitrogens with one attached hydrogen (secondary N) is 1. The van der Waals surface area contributed by atoms with Crippen molar-refractivity contribution in [2.45, 2.75) is 13.3 Å². The maximum atomic E-state index is 11.8. The van der Waals surface area contributed by atoms with Crippen molar-refractivity contribution >= 4 is 5.91 Å². The smallest absolute Gasteiger partial charge is 0.254 e. The number of rotatable bonds is 9. The zero-order valence-corrected chi connectivity index (χ0v) is 14.1. The molecule has 1 amide bonds. The van der Waals surface area contributed by atoms with E-state index in [1.165, 1.54) is 0 Å². The van der Waals surface area contributed by atoms with Crippen LogP contribution in [-0.2, 0) is 0 Å². The lowest BCUT2D eigenvalue weighted by atomic mass is 10.2. The van der Waals surface area contributed by atoms with Gasteiger partial charge in [0, 0.05) is 7.05 Å². The summed E-state index contributed by atoms with van der Waals surface area (Å²) in [6.45, 7) is 3.51. The fourth-order valence-corrected chi connectivity index (χ4v) is 2.08. The van der Waals surface area contributed by atoms with Gasteiger partial charge in [0.05, 0.1) is 12.2 Å². The van der Waals surface area contributed by atoms with Crippen LogP contribution in [0.4, 0.5) is 0 Å². The molecule has 0 heterocycles. The van der Waals surface area contributed by atoms with Crippen molar-refractivity contribution in [1.82, 2.24) is 5.32 Å². The molecule has 0 aromatic heterocycles. The molecule has 24 heavy (non-hydrogen) atoms. The summed E-state index contributed by atoms with van der Waals surface area (Å²) in [5, 5.41) is 2.60. The van der Waals surface area contributed by atoms with E-state index >= 15 is 0 Å². The molecule has 0 fully saturated rings. The summed E-state index contributed by atoms with van der Waals surface area (Å²) in [5.41, 5.74) is 0.512. The van der Waals surface area contributed by atoms with Crippen LogP contribution in [0.2, 0.25) is 0 Å². The zero-order valence-electron chi connectivity index (χ0n) is 14.1. The van der Waals surface area contributed by atoms with Crippen molar-refractivity contribution in [1.29, 1.82) is 0 Å². The molecule has 5 nitrogen and oxygen atoms in total. The molecule has 0 saturated carbocycles. The lowest BCUT2D eigenvalue weighted by molar-refractivity contribution is 0.0958. The van der Waals surface area contributed by atoms with Gasteiger partial charge in [0.15, 0.2) is 0 Å². The molecule has 2 aromatic carbocycles. The minimum absolute atomic E-state index is 0.172. The Hall–Kier alpha value is -2.69. The first-order valence-corrected chi connectivity index (χ1v) is 8.04. The number of para-hydroxylation sites is 1.